The zero-order valence-electron chi connectivity index (χ0n) is 9.11. The molecule has 0 amide bonds. The zero-order chi connectivity index (χ0) is 11.0. The van der Waals surface area contributed by atoms with Crippen LogP contribution in [0.5, 0.6) is 0 Å². The summed E-state index contributed by atoms with van der Waals surface area (Å²) in [6.07, 6.45) is 1.60. The van der Waals surface area contributed by atoms with Gasteiger partial charge in [-0.2, -0.15) is 5.10 Å². The monoisotopic (exact) mass is 267 g/mol. The van der Waals surface area contributed by atoms with Crippen molar-refractivity contribution in [2.24, 2.45) is 0 Å². The summed E-state index contributed by atoms with van der Waals surface area (Å²) in [5.74, 6) is 0.411. The van der Waals surface area contributed by atoms with Gasteiger partial charge in [-0.3, -0.25) is 0 Å². The molecule has 0 aliphatic carbocycles. The first-order chi connectivity index (χ1) is 7.09. The molecule has 0 bridgehead atoms. The maximum atomic E-state index is 4.25. The van der Waals surface area contributed by atoms with Gasteiger partial charge >= 0.3 is 0 Å². The lowest BCUT2D eigenvalue weighted by atomic mass is 10.0. The number of alkyl halides is 1. The Kier molecular flexibility index (Phi) is 2.78. The molecule has 2 unspecified atom stereocenters. The Morgan fingerprint density at radius 1 is 1.33 bits per heavy atom. The lowest BCUT2D eigenvalue weighted by Gasteiger charge is -2.16. The van der Waals surface area contributed by atoms with Crippen LogP contribution >= 0.6 is 15.9 Å². The van der Waals surface area contributed by atoms with Crippen molar-refractivity contribution in [1.29, 1.82) is 0 Å². The Balaban J connectivity index is 2.62. The second-order valence-electron chi connectivity index (χ2n) is 3.95. The molecule has 2 aromatic heterocycles. The van der Waals surface area contributed by atoms with Crippen LogP contribution in [-0.4, -0.2) is 19.4 Å². The van der Waals surface area contributed by atoms with Gasteiger partial charge in [-0.05, 0) is 24.6 Å². The smallest absolute Gasteiger partial charge is 0.155 e. The second-order valence-corrected chi connectivity index (χ2v) is 5.40. The highest BCUT2D eigenvalue weighted by molar-refractivity contribution is 9.09. The molecule has 0 saturated carbocycles. The Labute approximate surface area is 97.6 Å². The van der Waals surface area contributed by atoms with Gasteiger partial charge in [0.2, 0.25) is 0 Å². The minimum atomic E-state index is 0.411. The molecule has 0 N–H and O–H groups in total. The predicted octanol–water partition coefficient (Wildman–Crippen LogP) is 2.92. The quantitative estimate of drug-likeness (QED) is 0.784. The van der Waals surface area contributed by atoms with E-state index >= 15 is 0 Å². The molecule has 2 aromatic rings. The largest absolute Gasteiger partial charge is 0.218 e. The van der Waals surface area contributed by atoms with Crippen LogP contribution in [0.1, 0.15) is 31.0 Å². The van der Waals surface area contributed by atoms with Crippen molar-refractivity contribution < 1.29 is 0 Å². The zero-order valence-corrected chi connectivity index (χ0v) is 10.7. The highest BCUT2D eigenvalue weighted by atomic mass is 79.9. The van der Waals surface area contributed by atoms with Crippen LogP contribution in [-0.2, 0) is 0 Å². The van der Waals surface area contributed by atoms with Gasteiger partial charge in [-0.1, -0.05) is 29.8 Å². The first-order valence-corrected chi connectivity index (χ1v) is 5.95. The van der Waals surface area contributed by atoms with Crippen molar-refractivity contribution in [2.75, 3.05) is 0 Å². The summed E-state index contributed by atoms with van der Waals surface area (Å²) in [4.78, 5) is 4.64. The molecule has 15 heavy (non-hydrogen) atoms. The fourth-order valence-corrected chi connectivity index (χ4v) is 1.92. The molecule has 2 atom stereocenters. The van der Waals surface area contributed by atoms with Gasteiger partial charge < -0.3 is 0 Å². The van der Waals surface area contributed by atoms with E-state index < -0.39 is 0 Å². The molecule has 2 rings (SSSR count). The molecular weight excluding hydrogens is 254 g/mol. The van der Waals surface area contributed by atoms with E-state index in [2.05, 4.69) is 52.9 Å². The second kappa shape index (κ2) is 3.93. The Bertz CT molecular complexity index is 476. The molecule has 0 saturated heterocycles. The summed E-state index contributed by atoms with van der Waals surface area (Å²) >= 11 is 3.61. The van der Waals surface area contributed by atoms with E-state index in [0.717, 1.165) is 5.65 Å². The van der Waals surface area contributed by atoms with E-state index in [1.165, 1.54) is 11.3 Å². The van der Waals surface area contributed by atoms with Crippen molar-refractivity contribution >= 4 is 21.6 Å². The minimum absolute atomic E-state index is 0.411. The molecule has 0 aromatic carbocycles. The van der Waals surface area contributed by atoms with E-state index in [4.69, 9.17) is 0 Å². The van der Waals surface area contributed by atoms with E-state index in [0.29, 0.717) is 10.7 Å². The van der Waals surface area contributed by atoms with Crippen LogP contribution in [0.15, 0.2) is 18.5 Å². The molecule has 0 spiro atoms. The molecule has 0 aliphatic heterocycles. The summed E-state index contributed by atoms with van der Waals surface area (Å²) in [6, 6.07) is 4.21. The number of halogens is 1. The van der Waals surface area contributed by atoms with Crippen LogP contribution in [0.4, 0.5) is 0 Å². The SMILES string of the molecule is Cc1cc(C(C)C(C)Br)n2ncnc2c1. The van der Waals surface area contributed by atoms with Gasteiger partial charge in [-0.25, -0.2) is 9.50 Å². The van der Waals surface area contributed by atoms with E-state index in [-0.39, 0.29) is 0 Å². The molecule has 3 nitrogen and oxygen atoms in total. The van der Waals surface area contributed by atoms with Gasteiger partial charge in [0, 0.05) is 16.4 Å². The fraction of sp³-hybridized carbons (Fsp3) is 0.455. The number of hydrogen-bond acceptors (Lipinski definition) is 2. The van der Waals surface area contributed by atoms with Crippen LogP contribution in [0.2, 0.25) is 0 Å². The van der Waals surface area contributed by atoms with Gasteiger partial charge in [0.1, 0.15) is 6.33 Å². The van der Waals surface area contributed by atoms with Gasteiger partial charge in [0.15, 0.2) is 5.65 Å². The Morgan fingerprint density at radius 2 is 2.07 bits per heavy atom. The highest BCUT2D eigenvalue weighted by Crippen LogP contribution is 2.25. The van der Waals surface area contributed by atoms with Crippen LogP contribution in [0.25, 0.3) is 5.65 Å². The number of hydrogen-bond donors (Lipinski definition) is 0. The normalized spacial score (nSPS) is 15.5. The van der Waals surface area contributed by atoms with Crippen molar-refractivity contribution in [3.8, 4) is 0 Å². The van der Waals surface area contributed by atoms with Crippen molar-refractivity contribution in [2.45, 2.75) is 31.5 Å². The average Bonchev–Trinajstić information content (AvgIpc) is 2.62. The lowest BCUT2D eigenvalue weighted by Crippen LogP contribution is -2.10. The maximum absolute atomic E-state index is 4.25. The molecular formula is C11H14BrN3. The number of pyridine rings is 1. The fourth-order valence-electron chi connectivity index (χ4n) is 1.65. The van der Waals surface area contributed by atoms with Crippen LogP contribution < -0.4 is 0 Å². The van der Waals surface area contributed by atoms with E-state index in [1.807, 2.05) is 10.6 Å². The topological polar surface area (TPSA) is 30.2 Å². The van der Waals surface area contributed by atoms with E-state index in [1.54, 1.807) is 6.33 Å². The Morgan fingerprint density at radius 3 is 2.73 bits per heavy atom. The number of rotatable bonds is 2. The number of aryl methyl sites for hydroxylation is 1. The summed E-state index contributed by atoms with van der Waals surface area (Å²) < 4.78 is 1.91. The van der Waals surface area contributed by atoms with Gasteiger partial charge in [0.25, 0.3) is 0 Å². The van der Waals surface area contributed by atoms with Crippen molar-refractivity contribution in [3.63, 3.8) is 0 Å². The first-order valence-electron chi connectivity index (χ1n) is 5.04. The number of nitrogens with zero attached hydrogens (tertiary/aromatic N) is 3. The van der Waals surface area contributed by atoms with E-state index in [9.17, 15) is 0 Å². The van der Waals surface area contributed by atoms with Crippen LogP contribution in [0.3, 0.4) is 0 Å². The third-order valence-corrected chi connectivity index (χ3v) is 3.50. The molecule has 4 heteroatoms. The van der Waals surface area contributed by atoms with Crippen LogP contribution in [0, 0.1) is 6.92 Å². The summed E-state index contributed by atoms with van der Waals surface area (Å²) in [6.45, 7) is 6.43. The highest BCUT2D eigenvalue weighted by Gasteiger charge is 2.15. The molecule has 0 aliphatic rings. The summed E-state index contributed by atoms with van der Waals surface area (Å²) in [7, 11) is 0. The van der Waals surface area contributed by atoms with Crippen molar-refractivity contribution in [3.05, 3.63) is 29.7 Å². The van der Waals surface area contributed by atoms with Gasteiger partial charge in [0.05, 0.1) is 0 Å². The number of fused-ring (bicyclic) bond motifs is 1. The summed E-state index contributed by atoms with van der Waals surface area (Å²) in [5.41, 5.74) is 3.35. The molecule has 80 valence electrons. The maximum Gasteiger partial charge on any atom is 0.155 e. The third kappa shape index (κ3) is 1.91. The Hall–Kier alpha value is -0.900. The number of aromatic nitrogens is 3. The first kappa shape index (κ1) is 10.6. The molecule has 0 fully saturated rings. The average molecular weight is 268 g/mol. The summed E-state index contributed by atoms with van der Waals surface area (Å²) in [5, 5.41) is 4.25. The minimum Gasteiger partial charge on any atom is -0.218 e. The van der Waals surface area contributed by atoms with Crippen molar-refractivity contribution in [1.82, 2.24) is 14.6 Å². The predicted molar refractivity (Wildman–Crippen MR) is 64.5 cm³/mol. The third-order valence-electron chi connectivity index (χ3n) is 2.71. The lowest BCUT2D eigenvalue weighted by molar-refractivity contribution is 0.694. The molecule has 2 heterocycles. The molecule has 0 radical (unpaired) electrons. The van der Waals surface area contributed by atoms with Gasteiger partial charge in [-0.15, -0.1) is 0 Å². The standard InChI is InChI=1S/C11H14BrN3/c1-7-4-10(8(2)9(3)12)15-11(5-7)13-6-14-15/h4-6,8-9H,1-3H3.